The molecule has 1 aromatic heterocycles. The summed E-state index contributed by atoms with van der Waals surface area (Å²) >= 11 is 0. The van der Waals surface area contributed by atoms with Gasteiger partial charge in [-0.15, -0.1) is 5.10 Å². The largest absolute Gasteiger partial charge is 0.461 e. The summed E-state index contributed by atoms with van der Waals surface area (Å²) in [5.74, 6) is 0.727. The SMILES string of the molecule is CC(C)Oc1nnc(CN)n1C. The highest BCUT2D eigenvalue weighted by Crippen LogP contribution is 2.08. The van der Waals surface area contributed by atoms with Gasteiger partial charge in [0.1, 0.15) is 5.82 Å². The zero-order chi connectivity index (χ0) is 9.14. The van der Waals surface area contributed by atoms with Crippen LogP contribution in [0.4, 0.5) is 0 Å². The highest BCUT2D eigenvalue weighted by atomic mass is 16.5. The second-order valence-electron chi connectivity index (χ2n) is 2.83. The zero-order valence-corrected chi connectivity index (χ0v) is 7.61. The third-order valence-electron chi connectivity index (χ3n) is 1.45. The second kappa shape index (κ2) is 3.53. The lowest BCUT2D eigenvalue weighted by atomic mass is 10.5. The number of nitrogens with zero attached hydrogens (tertiary/aromatic N) is 3. The third kappa shape index (κ3) is 1.73. The van der Waals surface area contributed by atoms with Crippen molar-refractivity contribution in [2.45, 2.75) is 26.5 Å². The first-order valence-corrected chi connectivity index (χ1v) is 3.90. The molecule has 0 saturated heterocycles. The molecule has 5 nitrogen and oxygen atoms in total. The minimum absolute atomic E-state index is 0.110. The summed E-state index contributed by atoms with van der Waals surface area (Å²) in [6, 6.07) is 0.519. The van der Waals surface area contributed by atoms with E-state index < -0.39 is 0 Å². The van der Waals surface area contributed by atoms with E-state index in [2.05, 4.69) is 10.2 Å². The highest BCUT2D eigenvalue weighted by molar-refractivity contribution is 4.99. The van der Waals surface area contributed by atoms with Gasteiger partial charge in [0.2, 0.25) is 0 Å². The van der Waals surface area contributed by atoms with Crippen molar-refractivity contribution in [3.05, 3.63) is 5.82 Å². The minimum atomic E-state index is 0.110. The Morgan fingerprint density at radius 2 is 2.17 bits per heavy atom. The molecule has 1 heterocycles. The number of aromatic nitrogens is 3. The Morgan fingerprint density at radius 1 is 1.50 bits per heavy atom. The van der Waals surface area contributed by atoms with Gasteiger partial charge in [-0.25, -0.2) is 0 Å². The molecule has 0 unspecified atom stereocenters. The van der Waals surface area contributed by atoms with E-state index in [0.29, 0.717) is 12.6 Å². The fourth-order valence-corrected chi connectivity index (χ4v) is 0.836. The van der Waals surface area contributed by atoms with Crippen LogP contribution in [0.2, 0.25) is 0 Å². The van der Waals surface area contributed by atoms with Gasteiger partial charge in [-0.05, 0) is 13.8 Å². The average molecular weight is 170 g/mol. The molecule has 0 radical (unpaired) electrons. The van der Waals surface area contributed by atoms with Crippen molar-refractivity contribution in [1.29, 1.82) is 0 Å². The van der Waals surface area contributed by atoms with Crippen LogP contribution in [-0.2, 0) is 13.6 Å². The minimum Gasteiger partial charge on any atom is -0.461 e. The monoisotopic (exact) mass is 170 g/mol. The predicted octanol–water partition coefficient (Wildman–Crippen LogP) is 0.0610. The topological polar surface area (TPSA) is 66.0 Å². The summed E-state index contributed by atoms with van der Waals surface area (Å²) in [7, 11) is 1.83. The smallest absolute Gasteiger partial charge is 0.316 e. The maximum Gasteiger partial charge on any atom is 0.316 e. The van der Waals surface area contributed by atoms with Crippen LogP contribution in [0.25, 0.3) is 0 Å². The Balaban J connectivity index is 2.80. The van der Waals surface area contributed by atoms with Gasteiger partial charge in [0.15, 0.2) is 0 Å². The third-order valence-corrected chi connectivity index (χ3v) is 1.45. The molecule has 0 aliphatic rings. The van der Waals surface area contributed by atoms with Crippen molar-refractivity contribution in [3.63, 3.8) is 0 Å². The van der Waals surface area contributed by atoms with Gasteiger partial charge in [-0.1, -0.05) is 5.10 Å². The van der Waals surface area contributed by atoms with Crippen molar-refractivity contribution in [3.8, 4) is 6.01 Å². The van der Waals surface area contributed by atoms with Crippen molar-refractivity contribution in [1.82, 2.24) is 14.8 Å². The first kappa shape index (κ1) is 8.99. The molecular formula is C7H14N4O. The van der Waals surface area contributed by atoms with Crippen LogP contribution in [0.15, 0.2) is 0 Å². The molecule has 0 amide bonds. The van der Waals surface area contributed by atoms with E-state index in [4.69, 9.17) is 10.5 Å². The Kier molecular flexibility index (Phi) is 2.65. The zero-order valence-electron chi connectivity index (χ0n) is 7.61. The summed E-state index contributed by atoms with van der Waals surface area (Å²) in [6.07, 6.45) is 0.110. The number of hydrogen-bond donors (Lipinski definition) is 1. The maximum absolute atomic E-state index is 5.42. The summed E-state index contributed by atoms with van der Waals surface area (Å²) in [5.41, 5.74) is 5.42. The van der Waals surface area contributed by atoms with Crippen molar-refractivity contribution >= 4 is 0 Å². The quantitative estimate of drug-likeness (QED) is 0.696. The van der Waals surface area contributed by atoms with E-state index in [9.17, 15) is 0 Å². The molecule has 0 aromatic carbocycles. The lowest BCUT2D eigenvalue weighted by Gasteiger charge is -2.07. The van der Waals surface area contributed by atoms with Crippen LogP contribution in [0.3, 0.4) is 0 Å². The van der Waals surface area contributed by atoms with Gasteiger partial charge in [0, 0.05) is 7.05 Å². The Labute approximate surface area is 71.5 Å². The Bertz CT molecular complexity index is 256. The van der Waals surface area contributed by atoms with Crippen LogP contribution >= 0.6 is 0 Å². The Hall–Kier alpha value is -1.10. The fourth-order valence-electron chi connectivity index (χ4n) is 0.836. The molecule has 0 aliphatic carbocycles. The first-order valence-electron chi connectivity index (χ1n) is 3.90. The van der Waals surface area contributed by atoms with Gasteiger partial charge in [-0.3, -0.25) is 4.57 Å². The van der Waals surface area contributed by atoms with E-state index in [1.807, 2.05) is 20.9 Å². The summed E-state index contributed by atoms with van der Waals surface area (Å²) in [4.78, 5) is 0. The highest BCUT2D eigenvalue weighted by Gasteiger charge is 2.08. The second-order valence-corrected chi connectivity index (χ2v) is 2.83. The van der Waals surface area contributed by atoms with E-state index in [-0.39, 0.29) is 6.10 Å². The molecule has 68 valence electrons. The maximum atomic E-state index is 5.42. The molecular weight excluding hydrogens is 156 g/mol. The molecule has 0 fully saturated rings. The van der Waals surface area contributed by atoms with Crippen LogP contribution in [0, 0.1) is 0 Å². The van der Waals surface area contributed by atoms with Gasteiger partial charge in [0.05, 0.1) is 12.6 Å². The van der Waals surface area contributed by atoms with Gasteiger partial charge in [-0.2, -0.15) is 0 Å². The molecule has 12 heavy (non-hydrogen) atoms. The average Bonchev–Trinajstić information content (AvgIpc) is 2.32. The summed E-state index contributed by atoms with van der Waals surface area (Å²) < 4.78 is 7.11. The molecule has 5 heteroatoms. The molecule has 0 atom stereocenters. The van der Waals surface area contributed by atoms with Gasteiger partial charge >= 0.3 is 6.01 Å². The summed E-state index contributed by atoms with van der Waals surface area (Å²) in [5, 5.41) is 7.69. The molecule has 2 N–H and O–H groups in total. The van der Waals surface area contributed by atoms with Crippen molar-refractivity contribution in [2.75, 3.05) is 0 Å². The van der Waals surface area contributed by atoms with Crippen LogP contribution in [0.1, 0.15) is 19.7 Å². The van der Waals surface area contributed by atoms with Crippen LogP contribution < -0.4 is 10.5 Å². The Morgan fingerprint density at radius 3 is 2.58 bits per heavy atom. The van der Waals surface area contributed by atoms with E-state index in [1.54, 1.807) is 4.57 Å². The molecule has 1 rings (SSSR count). The number of ether oxygens (including phenoxy) is 1. The van der Waals surface area contributed by atoms with E-state index >= 15 is 0 Å². The molecule has 0 spiro atoms. The fraction of sp³-hybridized carbons (Fsp3) is 0.714. The van der Waals surface area contributed by atoms with Gasteiger partial charge in [0.25, 0.3) is 0 Å². The van der Waals surface area contributed by atoms with E-state index in [1.165, 1.54) is 0 Å². The van der Waals surface area contributed by atoms with Crippen LogP contribution in [-0.4, -0.2) is 20.9 Å². The molecule has 0 bridgehead atoms. The first-order chi connectivity index (χ1) is 5.65. The molecule has 0 aliphatic heterocycles. The molecule has 1 aromatic rings. The predicted molar refractivity (Wildman–Crippen MR) is 44.7 cm³/mol. The van der Waals surface area contributed by atoms with Crippen molar-refractivity contribution in [2.24, 2.45) is 12.8 Å². The lowest BCUT2D eigenvalue weighted by Crippen LogP contribution is -2.11. The van der Waals surface area contributed by atoms with Gasteiger partial charge < -0.3 is 10.5 Å². The van der Waals surface area contributed by atoms with Crippen LogP contribution in [0.5, 0.6) is 6.01 Å². The van der Waals surface area contributed by atoms with Crippen molar-refractivity contribution < 1.29 is 4.74 Å². The number of rotatable bonds is 3. The number of nitrogens with two attached hydrogens (primary N) is 1. The standard InChI is InChI=1S/C7H14N4O/c1-5(2)12-7-10-9-6(4-8)11(7)3/h5H,4,8H2,1-3H3. The summed E-state index contributed by atoms with van der Waals surface area (Å²) in [6.45, 7) is 4.26. The van der Waals surface area contributed by atoms with E-state index in [0.717, 1.165) is 5.82 Å². The lowest BCUT2D eigenvalue weighted by molar-refractivity contribution is 0.214. The molecule has 0 saturated carbocycles. The normalized spacial score (nSPS) is 10.8. The number of hydrogen-bond acceptors (Lipinski definition) is 4.